The van der Waals surface area contributed by atoms with E-state index in [1.165, 1.54) is 10.8 Å². The molecule has 2 aromatic rings. The molecule has 0 radical (unpaired) electrons. The number of nitrogens with one attached hydrogen (secondary N) is 1. The van der Waals surface area contributed by atoms with Crippen LogP contribution in [0.5, 0.6) is 5.75 Å². The quantitative estimate of drug-likeness (QED) is 0.773. The molecule has 1 aliphatic carbocycles. The number of aromatic nitrogens is 1. The maximum absolute atomic E-state index is 13.8. The standard InChI is InChI=1S/C21H18F3N3O4/c22-11-4-14(23)12(15(24)5-11)7-25-19(30)13-8-27-16(18(29)17(13)28)20(31)26-3-1-2-10-6-21(10,27)9-26/h4-5,8,10,29H,1-3,6-7,9H2,(H,25,30)/t10-,21+/m0/s1. The highest BCUT2D eigenvalue weighted by atomic mass is 19.1. The lowest BCUT2D eigenvalue weighted by molar-refractivity contribution is 0.0650. The highest BCUT2D eigenvalue weighted by molar-refractivity contribution is 5.99. The number of nitrogens with zero attached hydrogens (tertiary/aromatic N) is 2. The van der Waals surface area contributed by atoms with Gasteiger partial charge in [-0.2, -0.15) is 0 Å². The molecular weight excluding hydrogens is 415 g/mol. The Bertz CT molecular complexity index is 1190. The molecule has 2 bridgehead atoms. The second-order valence-corrected chi connectivity index (χ2v) is 8.34. The van der Waals surface area contributed by atoms with Crippen molar-refractivity contribution in [3.8, 4) is 5.75 Å². The van der Waals surface area contributed by atoms with Gasteiger partial charge in [0.2, 0.25) is 5.43 Å². The molecule has 7 nitrogen and oxygen atoms in total. The first-order valence-electron chi connectivity index (χ1n) is 9.93. The van der Waals surface area contributed by atoms with Crippen LogP contribution in [0, 0.1) is 23.4 Å². The summed E-state index contributed by atoms with van der Waals surface area (Å²) in [7, 11) is 0. The Kier molecular flexibility index (Phi) is 4.18. The minimum Gasteiger partial charge on any atom is -0.503 e. The van der Waals surface area contributed by atoms with Gasteiger partial charge in [-0.25, -0.2) is 13.2 Å². The van der Waals surface area contributed by atoms with Crippen molar-refractivity contribution in [1.29, 1.82) is 0 Å². The average Bonchev–Trinajstić information content (AvgIpc) is 3.41. The molecule has 1 spiro atoms. The minimum atomic E-state index is -1.17. The van der Waals surface area contributed by atoms with Crippen LogP contribution < -0.4 is 10.7 Å². The number of carbonyl (C=O) groups is 2. The number of pyridine rings is 1. The lowest BCUT2D eigenvalue weighted by atomic mass is 10.0. The van der Waals surface area contributed by atoms with Crippen molar-refractivity contribution in [2.24, 2.45) is 5.92 Å². The van der Waals surface area contributed by atoms with E-state index >= 15 is 0 Å². The number of halogens is 3. The monoisotopic (exact) mass is 433 g/mol. The van der Waals surface area contributed by atoms with Crippen LogP contribution in [0.4, 0.5) is 13.2 Å². The molecule has 1 aromatic heterocycles. The Hall–Kier alpha value is -3.30. The maximum Gasteiger partial charge on any atom is 0.274 e. The van der Waals surface area contributed by atoms with Crippen LogP contribution in [0.25, 0.3) is 0 Å². The van der Waals surface area contributed by atoms with Crippen molar-refractivity contribution < 1.29 is 27.9 Å². The predicted octanol–water partition coefficient (Wildman–Crippen LogP) is 1.87. The van der Waals surface area contributed by atoms with Crippen molar-refractivity contribution in [3.63, 3.8) is 0 Å². The van der Waals surface area contributed by atoms with E-state index in [-0.39, 0.29) is 11.6 Å². The Morgan fingerprint density at radius 3 is 2.65 bits per heavy atom. The van der Waals surface area contributed by atoms with Crippen molar-refractivity contribution in [3.05, 3.63) is 62.8 Å². The molecule has 2 N–H and O–H groups in total. The van der Waals surface area contributed by atoms with E-state index in [2.05, 4.69) is 5.32 Å². The smallest absolute Gasteiger partial charge is 0.274 e. The molecule has 1 saturated carbocycles. The van der Waals surface area contributed by atoms with Crippen molar-refractivity contribution in [1.82, 2.24) is 14.8 Å². The number of aromatic hydroxyl groups is 1. The largest absolute Gasteiger partial charge is 0.503 e. The van der Waals surface area contributed by atoms with Gasteiger partial charge in [-0.05, 0) is 25.2 Å². The Morgan fingerprint density at radius 1 is 1.23 bits per heavy atom. The number of fused-ring (bicyclic) bond motifs is 2. The number of hydrogen-bond donors (Lipinski definition) is 2. The summed E-state index contributed by atoms with van der Waals surface area (Å²) in [4.78, 5) is 39.7. The fourth-order valence-electron chi connectivity index (χ4n) is 4.89. The summed E-state index contributed by atoms with van der Waals surface area (Å²) in [6.45, 7) is 0.361. The number of hydrogen-bond acceptors (Lipinski definition) is 4. The Balaban J connectivity index is 1.51. The summed E-state index contributed by atoms with van der Waals surface area (Å²) >= 11 is 0. The molecule has 3 aliphatic rings. The predicted molar refractivity (Wildman–Crippen MR) is 101 cm³/mol. The molecule has 1 saturated heterocycles. The zero-order valence-electron chi connectivity index (χ0n) is 16.3. The molecule has 2 fully saturated rings. The molecule has 5 rings (SSSR count). The summed E-state index contributed by atoms with van der Waals surface area (Å²) in [6, 6.07) is 0.972. The van der Waals surface area contributed by atoms with E-state index in [0.29, 0.717) is 25.2 Å². The minimum absolute atomic E-state index is 0.132. The fraction of sp³-hybridized carbons (Fsp3) is 0.381. The van der Waals surface area contributed by atoms with E-state index < -0.39 is 63.7 Å². The summed E-state index contributed by atoms with van der Waals surface area (Å²) in [5.41, 5.74) is -2.63. The van der Waals surface area contributed by atoms with Gasteiger partial charge in [-0.1, -0.05) is 0 Å². The Labute approximate surface area is 174 Å². The van der Waals surface area contributed by atoms with Gasteiger partial charge in [0, 0.05) is 43.5 Å². The van der Waals surface area contributed by atoms with E-state index in [4.69, 9.17) is 0 Å². The van der Waals surface area contributed by atoms with Crippen LogP contribution in [-0.4, -0.2) is 39.5 Å². The molecule has 1 aromatic carbocycles. The maximum atomic E-state index is 13.8. The van der Waals surface area contributed by atoms with Gasteiger partial charge in [-0.3, -0.25) is 14.4 Å². The van der Waals surface area contributed by atoms with Gasteiger partial charge in [0.15, 0.2) is 11.4 Å². The highest BCUT2D eigenvalue weighted by Crippen LogP contribution is 2.57. The molecular formula is C21H18F3N3O4. The molecule has 10 heteroatoms. The highest BCUT2D eigenvalue weighted by Gasteiger charge is 2.61. The molecule has 31 heavy (non-hydrogen) atoms. The molecule has 3 heterocycles. The van der Waals surface area contributed by atoms with Crippen molar-refractivity contribution in [2.75, 3.05) is 13.1 Å². The summed E-state index contributed by atoms with van der Waals surface area (Å²) in [5, 5.41) is 12.7. The lowest BCUT2D eigenvalue weighted by Crippen LogP contribution is -2.49. The van der Waals surface area contributed by atoms with Gasteiger partial charge in [0.05, 0.1) is 5.54 Å². The summed E-state index contributed by atoms with van der Waals surface area (Å²) in [5.74, 6) is -5.41. The lowest BCUT2D eigenvalue weighted by Gasteiger charge is -2.36. The van der Waals surface area contributed by atoms with Gasteiger partial charge in [0.1, 0.15) is 23.0 Å². The first kappa shape index (κ1) is 19.7. The van der Waals surface area contributed by atoms with E-state index in [0.717, 1.165) is 19.3 Å². The van der Waals surface area contributed by atoms with Crippen LogP contribution in [-0.2, 0) is 12.1 Å². The van der Waals surface area contributed by atoms with Gasteiger partial charge >= 0.3 is 0 Å². The fourth-order valence-corrected chi connectivity index (χ4v) is 4.89. The Morgan fingerprint density at radius 2 is 1.94 bits per heavy atom. The van der Waals surface area contributed by atoms with Crippen molar-refractivity contribution in [2.45, 2.75) is 31.3 Å². The SMILES string of the molecule is O=C(NCc1c(F)cc(F)cc1F)c1cn2c(c(O)c1=O)C(=O)N1CCC[C@H]3C[C@@]32C1. The van der Waals surface area contributed by atoms with Crippen LogP contribution in [0.1, 0.15) is 45.7 Å². The van der Waals surface area contributed by atoms with Gasteiger partial charge in [-0.15, -0.1) is 0 Å². The van der Waals surface area contributed by atoms with Crippen LogP contribution >= 0.6 is 0 Å². The van der Waals surface area contributed by atoms with E-state index in [9.17, 15) is 32.7 Å². The number of carbonyl (C=O) groups excluding carboxylic acids is 2. The molecule has 0 unspecified atom stereocenters. The van der Waals surface area contributed by atoms with Crippen LogP contribution in [0.15, 0.2) is 23.1 Å². The normalized spacial score (nSPS) is 23.6. The van der Waals surface area contributed by atoms with Gasteiger partial charge < -0.3 is 19.9 Å². The molecule has 2 aliphatic heterocycles. The van der Waals surface area contributed by atoms with Crippen LogP contribution in [0.3, 0.4) is 0 Å². The third-order valence-electron chi connectivity index (χ3n) is 6.57. The third-order valence-corrected chi connectivity index (χ3v) is 6.57. The van der Waals surface area contributed by atoms with Crippen molar-refractivity contribution >= 4 is 11.8 Å². The second kappa shape index (κ2) is 6.60. The molecule has 162 valence electrons. The summed E-state index contributed by atoms with van der Waals surface area (Å²) < 4.78 is 42.3. The third kappa shape index (κ3) is 2.84. The number of rotatable bonds is 3. The zero-order chi connectivity index (χ0) is 22.1. The van der Waals surface area contributed by atoms with E-state index in [1.54, 1.807) is 4.90 Å². The summed E-state index contributed by atoms with van der Waals surface area (Å²) in [6.07, 6.45) is 3.73. The van der Waals surface area contributed by atoms with Gasteiger partial charge in [0.25, 0.3) is 11.8 Å². The number of benzene rings is 1. The molecule has 2 atom stereocenters. The first-order chi connectivity index (χ1) is 14.7. The van der Waals surface area contributed by atoms with Crippen LogP contribution in [0.2, 0.25) is 0 Å². The van der Waals surface area contributed by atoms with E-state index in [1.807, 2.05) is 0 Å². The first-order valence-corrected chi connectivity index (χ1v) is 9.93. The number of amides is 2. The zero-order valence-corrected chi connectivity index (χ0v) is 16.3. The topological polar surface area (TPSA) is 91.6 Å². The average molecular weight is 433 g/mol. The molecule has 2 amide bonds. The second-order valence-electron chi connectivity index (χ2n) is 8.34.